The fourth-order valence-electron chi connectivity index (χ4n) is 8.06. The van der Waals surface area contributed by atoms with E-state index in [1.54, 1.807) is 0 Å². The lowest BCUT2D eigenvalue weighted by Crippen LogP contribution is -1.90. The highest BCUT2D eigenvalue weighted by Gasteiger charge is 2.20. The third-order valence-electron chi connectivity index (χ3n) is 10.1. The van der Waals surface area contributed by atoms with Gasteiger partial charge in [-0.3, -0.25) is 0 Å². The molecule has 2 nitrogen and oxygen atoms in total. The number of furan rings is 2. The van der Waals surface area contributed by atoms with Gasteiger partial charge in [0.05, 0.1) is 0 Å². The van der Waals surface area contributed by atoms with Crippen LogP contribution in [0.25, 0.3) is 111 Å². The number of benzene rings is 8. The van der Waals surface area contributed by atoms with Gasteiger partial charge in [0, 0.05) is 21.5 Å². The zero-order chi connectivity index (χ0) is 32.6. The average molecular weight is 627 g/mol. The van der Waals surface area contributed by atoms with Crippen molar-refractivity contribution in [2.45, 2.75) is 6.92 Å². The summed E-state index contributed by atoms with van der Waals surface area (Å²) < 4.78 is 13.0. The van der Waals surface area contributed by atoms with Crippen LogP contribution in [0.4, 0.5) is 0 Å². The monoisotopic (exact) mass is 626 g/mol. The predicted molar refractivity (Wildman–Crippen MR) is 209 cm³/mol. The Morgan fingerprint density at radius 3 is 1.55 bits per heavy atom. The standard InChI is InChI=1S/C47H30O2/c1-3-11-28-20-24-40-46(32(28)4-2)38-22-18-30(26-42(38)48-40)44-34-14-7-9-16-36(34)45(37-17-10-8-15-35(37)44)31-19-23-39-43(27-31)49-41-25-21-29-12-5-6-13-33(29)47(39)41/h3-27H,2H2,1H3/b11-3-. The Bertz CT molecular complexity index is 2960. The van der Waals surface area contributed by atoms with Gasteiger partial charge >= 0.3 is 0 Å². The lowest BCUT2D eigenvalue weighted by Gasteiger charge is -2.17. The summed E-state index contributed by atoms with van der Waals surface area (Å²) in [5.74, 6) is 0. The molecule has 2 heterocycles. The van der Waals surface area contributed by atoms with Gasteiger partial charge < -0.3 is 8.83 Å². The lowest BCUT2D eigenvalue weighted by molar-refractivity contribution is 0.669. The van der Waals surface area contributed by atoms with Gasteiger partial charge in [0.1, 0.15) is 22.3 Å². The molecule has 0 amide bonds. The quantitative estimate of drug-likeness (QED) is 0.182. The van der Waals surface area contributed by atoms with Crippen molar-refractivity contribution < 1.29 is 8.83 Å². The summed E-state index contributed by atoms with van der Waals surface area (Å²) in [7, 11) is 0. The minimum absolute atomic E-state index is 0.869. The number of rotatable bonds is 4. The van der Waals surface area contributed by atoms with Crippen molar-refractivity contribution in [3.05, 3.63) is 157 Å². The van der Waals surface area contributed by atoms with Crippen LogP contribution in [0, 0.1) is 0 Å². The number of hydrogen-bond acceptors (Lipinski definition) is 2. The molecule has 0 spiro atoms. The molecule has 0 aliphatic rings. The second kappa shape index (κ2) is 10.6. The molecule has 0 aliphatic carbocycles. The molecule has 0 unspecified atom stereocenters. The van der Waals surface area contributed by atoms with Crippen LogP contribution in [0.15, 0.2) is 155 Å². The van der Waals surface area contributed by atoms with Crippen molar-refractivity contribution in [1.82, 2.24) is 0 Å². The van der Waals surface area contributed by atoms with Gasteiger partial charge in [-0.2, -0.15) is 0 Å². The topological polar surface area (TPSA) is 26.3 Å². The highest BCUT2D eigenvalue weighted by molar-refractivity contribution is 6.24. The summed E-state index contributed by atoms with van der Waals surface area (Å²) in [6.45, 7) is 6.17. The fourth-order valence-corrected chi connectivity index (χ4v) is 8.06. The smallest absolute Gasteiger partial charge is 0.136 e. The van der Waals surface area contributed by atoms with Crippen molar-refractivity contribution in [3.63, 3.8) is 0 Å². The zero-order valence-corrected chi connectivity index (χ0v) is 27.0. The largest absolute Gasteiger partial charge is 0.456 e. The van der Waals surface area contributed by atoms with Crippen LogP contribution < -0.4 is 0 Å². The van der Waals surface area contributed by atoms with Gasteiger partial charge in [0.15, 0.2) is 0 Å². The first-order valence-electron chi connectivity index (χ1n) is 16.7. The summed E-state index contributed by atoms with van der Waals surface area (Å²) in [4.78, 5) is 0. The summed E-state index contributed by atoms with van der Waals surface area (Å²) >= 11 is 0. The van der Waals surface area contributed by atoms with E-state index in [4.69, 9.17) is 8.83 Å². The van der Waals surface area contributed by atoms with E-state index in [2.05, 4.69) is 152 Å². The first kappa shape index (κ1) is 27.7. The average Bonchev–Trinajstić information content (AvgIpc) is 3.71. The first-order valence-corrected chi connectivity index (χ1v) is 16.7. The van der Waals surface area contributed by atoms with Crippen LogP contribution in [-0.2, 0) is 0 Å². The summed E-state index contributed by atoms with van der Waals surface area (Å²) in [6.07, 6.45) is 6.12. The van der Waals surface area contributed by atoms with E-state index in [1.165, 1.54) is 48.8 Å². The lowest BCUT2D eigenvalue weighted by atomic mass is 9.85. The van der Waals surface area contributed by atoms with Gasteiger partial charge in [-0.25, -0.2) is 0 Å². The molecule has 0 fully saturated rings. The second-order valence-corrected chi connectivity index (χ2v) is 12.8. The van der Waals surface area contributed by atoms with Crippen LogP contribution in [-0.4, -0.2) is 0 Å². The molecule has 2 heteroatoms. The van der Waals surface area contributed by atoms with Crippen molar-refractivity contribution in [2.75, 3.05) is 0 Å². The molecule has 10 aromatic rings. The molecule has 0 saturated heterocycles. The van der Waals surface area contributed by atoms with Crippen molar-refractivity contribution >= 4 is 88.3 Å². The van der Waals surface area contributed by atoms with Crippen LogP contribution in [0.5, 0.6) is 0 Å². The summed E-state index contributed by atoms with van der Waals surface area (Å²) in [6, 6.07) is 47.8. The number of fused-ring (bicyclic) bond motifs is 10. The maximum Gasteiger partial charge on any atom is 0.136 e. The van der Waals surface area contributed by atoms with E-state index >= 15 is 0 Å². The van der Waals surface area contributed by atoms with E-state index in [0.29, 0.717) is 0 Å². The Kier molecular flexibility index (Phi) is 5.97. The van der Waals surface area contributed by atoms with Gasteiger partial charge in [0.25, 0.3) is 0 Å². The zero-order valence-electron chi connectivity index (χ0n) is 27.0. The van der Waals surface area contributed by atoms with Crippen molar-refractivity contribution in [3.8, 4) is 22.3 Å². The maximum absolute atomic E-state index is 6.52. The first-order chi connectivity index (χ1) is 24.2. The van der Waals surface area contributed by atoms with Gasteiger partial charge in [-0.1, -0.05) is 122 Å². The normalized spacial score (nSPS) is 12.2. The SMILES string of the molecule is C=Cc1c(/C=C\C)ccc2oc3cc(-c4c5ccccc5c(-c5ccc6c(c5)oc5ccc7ccccc7c56)c5ccccc45)ccc3c12. The molecule has 0 bridgehead atoms. The second-order valence-electron chi connectivity index (χ2n) is 12.8. The summed E-state index contributed by atoms with van der Waals surface area (Å²) in [5.41, 5.74) is 10.4. The molecule has 10 rings (SSSR count). The van der Waals surface area contributed by atoms with Crippen LogP contribution >= 0.6 is 0 Å². The number of allylic oxidation sites excluding steroid dienone is 1. The maximum atomic E-state index is 6.52. The highest BCUT2D eigenvalue weighted by atomic mass is 16.3. The molecule has 0 radical (unpaired) electrons. The molecule has 0 N–H and O–H groups in total. The Balaban J connectivity index is 1.22. The molecule has 8 aromatic carbocycles. The summed E-state index contributed by atoms with van der Waals surface area (Å²) in [5, 5.41) is 11.7. The molecule has 2 aromatic heterocycles. The highest BCUT2D eigenvalue weighted by Crippen LogP contribution is 2.46. The minimum atomic E-state index is 0.869. The van der Waals surface area contributed by atoms with Crippen molar-refractivity contribution in [1.29, 1.82) is 0 Å². The third kappa shape index (κ3) is 4.01. The third-order valence-corrected chi connectivity index (χ3v) is 10.1. The Hall–Kier alpha value is -6.38. The minimum Gasteiger partial charge on any atom is -0.456 e. The van der Waals surface area contributed by atoms with E-state index in [9.17, 15) is 0 Å². The van der Waals surface area contributed by atoms with E-state index < -0.39 is 0 Å². The molecule has 230 valence electrons. The van der Waals surface area contributed by atoms with Gasteiger partial charge in [-0.05, 0) is 109 Å². The van der Waals surface area contributed by atoms with Crippen molar-refractivity contribution in [2.24, 2.45) is 0 Å². The Labute approximate surface area is 282 Å². The molecule has 0 aliphatic heterocycles. The Morgan fingerprint density at radius 1 is 0.469 bits per heavy atom. The van der Waals surface area contributed by atoms with Gasteiger partial charge in [-0.15, -0.1) is 0 Å². The fraction of sp³-hybridized carbons (Fsp3) is 0.0213. The van der Waals surface area contributed by atoms with Crippen LogP contribution in [0.3, 0.4) is 0 Å². The molecule has 49 heavy (non-hydrogen) atoms. The van der Waals surface area contributed by atoms with Gasteiger partial charge in [0.2, 0.25) is 0 Å². The van der Waals surface area contributed by atoms with Crippen LogP contribution in [0.1, 0.15) is 18.1 Å². The van der Waals surface area contributed by atoms with Crippen LogP contribution in [0.2, 0.25) is 0 Å². The number of hydrogen-bond donors (Lipinski definition) is 0. The molecular formula is C47H30O2. The van der Waals surface area contributed by atoms with E-state index in [0.717, 1.165) is 60.7 Å². The molecule has 0 atom stereocenters. The van der Waals surface area contributed by atoms with E-state index in [-0.39, 0.29) is 0 Å². The Morgan fingerprint density at radius 2 is 0.980 bits per heavy atom. The molecular weight excluding hydrogens is 597 g/mol. The predicted octanol–water partition coefficient (Wildman–Crippen LogP) is 14.0. The molecule has 0 saturated carbocycles. The van der Waals surface area contributed by atoms with E-state index in [1.807, 2.05) is 13.0 Å².